The van der Waals surface area contributed by atoms with Gasteiger partial charge in [0.25, 0.3) is 5.91 Å². The van der Waals surface area contributed by atoms with E-state index in [9.17, 15) is 9.59 Å². The first kappa shape index (κ1) is 18.8. The second-order valence-electron chi connectivity index (χ2n) is 6.18. The maximum Gasteiger partial charge on any atom is 0.358 e. The Kier molecular flexibility index (Phi) is 5.66. The smallest absolute Gasteiger partial charge is 0.358 e. The van der Waals surface area contributed by atoms with Crippen molar-refractivity contribution in [3.05, 3.63) is 71.2 Å². The maximum absolute atomic E-state index is 12.5. The van der Waals surface area contributed by atoms with Gasteiger partial charge in [0.1, 0.15) is 5.01 Å². The molecule has 0 radical (unpaired) electrons. The van der Waals surface area contributed by atoms with Crippen LogP contribution < -0.4 is 4.90 Å². The Labute approximate surface area is 162 Å². The van der Waals surface area contributed by atoms with E-state index in [4.69, 9.17) is 4.74 Å². The zero-order chi connectivity index (χ0) is 19.4. The lowest BCUT2D eigenvalue weighted by molar-refractivity contribution is -0.126. The van der Waals surface area contributed by atoms with E-state index in [0.29, 0.717) is 0 Å². The van der Waals surface area contributed by atoms with E-state index in [1.54, 1.807) is 19.4 Å². The lowest BCUT2D eigenvalue weighted by atomic mass is 10.2. The molecule has 6 heteroatoms. The topological polar surface area (TPSA) is 59.5 Å². The van der Waals surface area contributed by atoms with E-state index in [2.05, 4.69) is 4.98 Å². The summed E-state index contributed by atoms with van der Waals surface area (Å²) >= 11 is 1.37. The number of carbonyl (C=O) groups excluding carboxylic acids is 2. The summed E-state index contributed by atoms with van der Waals surface area (Å²) in [4.78, 5) is 30.7. The van der Waals surface area contributed by atoms with Crippen LogP contribution in [0.5, 0.6) is 0 Å². The van der Waals surface area contributed by atoms with Gasteiger partial charge in [-0.3, -0.25) is 4.79 Å². The number of hydrogen-bond donors (Lipinski definition) is 0. The predicted octanol–water partition coefficient (Wildman–Crippen LogP) is 4.33. The van der Waals surface area contributed by atoms with Crippen molar-refractivity contribution in [2.45, 2.75) is 20.0 Å². The molecule has 0 aliphatic rings. The number of anilines is 1. The molecule has 0 aliphatic carbocycles. The molecular weight excluding hydrogens is 360 g/mol. The van der Waals surface area contributed by atoms with Crippen molar-refractivity contribution in [2.24, 2.45) is 0 Å². The highest BCUT2D eigenvalue weighted by atomic mass is 32.1. The quantitative estimate of drug-likeness (QED) is 0.618. The molecule has 27 heavy (non-hydrogen) atoms. The Balaban J connectivity index is 1.66. The number of ether oxygens (including phenoxy) is 1. The van der Waals surface area contributed by atoms with E-state index >= 15 is 0 Å². The number of aryl methyl sites for hydroxylation is 1. The van der Waals surface area contributed by atoms with Crippen molar-refractivity contribution in [1.82, 2.24) is 4.98 Å². The molecule has 5 nitrogen and oxygen atoms in total. The molecule has 1 aromatic heterocycles. The highest BCUT2D eigenvalue weighted by Gasteiger charge is 2.24. The number of nitrogens with zero attached hydrogens (tertiary/aromatic N) is 2. The normalized spacial score (nSPS) is 11.7. The Morgan fingerprint density at radius 2 is 1.74 bits per heavy atom. The van der Waals surface area contributed by atoms with Crippen LogP contribution in [0.2, 0.25) is 0 Å². The number of hydrogen-bond acceptors (Lipinski definition) is 5. The van der Waals surface area contributed by atoms with Crippen LogP contribution in [0.25, 0.3) is 10.6 Å². The number of benzene rings is 2. The van der Waals surface area contributed by atoms with Gasteiger partial charge in [0.15, 0.2) is 11.8 Å². The summed E-state index contributed by atoms with van der Waals surface area (Å²) in [6.45, 7) is 3.58. The Morgan fingerprint density at radius 3 is 2.41 bits per heavy atom. The molecular formula is C21H20N2O3S. The molecule has 1 heterocycles. The van der Waals surface area contributed by atoms with Gasteiger partial charge < -0.3 is 9.64 Å². The van der Waals surface area contributed by atoms with Gasteiger partial charge in [0.05, 0.1) is 0 Å². The molecule has 0 N–H and O–H groups in total. The number of aromatic nitrogens is 1. The van der Waals surface area contributed by atoms with Gasteiger partial charge in [-0.05, 0) is 26.0 Å². The molecule has 138 valence electrons. The van der Waals surface area contributed by atoms with Crippen LogP contribution in [0.1, 0.15) is 23.0 Å². The van der Waals surface area contributed by atoms with Crippen molar-refractivity contribution in [1.29, 1.82) is 0 Å². The number of rotatable bonds is 5. The van der Waals surface area contributed by atoms with Crippen molar-refractivity contribution in [3.63, 3.8) is 0 Å². The van der Waals surface area contributed by atoms with Crippen molar-refractivity contribution in [3.8, 4) is 10.6 Å². The number of para-hydroxylation sites is 1. The van der Waals surface area contributed by atoms with Crippen LogP contribution in [-0.4, -0.2) is 30.0 Å². The number of thiazole rings is 1. The average molecular weight is 380 g/mol. The lowest BCUT2D eigenvalue weighted by Crippen LogP contribution is -2.37. The van der Waals surface area contributed by atoms with Crippen molar-refractivity contribution < 1.29 is 14.3 Å². The fourth-order valence-electron chi connectivity index (χ4n) is 2.52. The number of esters is 1. The first-order chi connectivity index (χ1) is 13.0. The maximum atomic E-state index is 12.5. The first-order valence-corrected chi connectivity index (χ1v) is 9.40. The molecule has 0 aliphatic heterocycles. The monoisotopic (exact) mass is 380 g/mol. The van der Waals surface area contributed by atoms with E-state index in [0.717, 1.165) is 21.8 Å². The molecule has 1 unspecified atom stereocenters. The summed E-state index contributed by atoms with van der Waals surface area (Å²) in [5.74, 6) is -0.907. The van der Waals surface area contributed by atoms with Crippen LogP contribution in [0.3, 0.4) is 0 Å². The van der Waals surface area contributed by atoms with Crippen LogP contribution >= 0.6 is 11.3 Å². The number of carbonyl (C=O) groups is 2. The largest absolute Gasteiger partial charge is 0.448 e. The fraction of sp³-hybridized carbons (Fsp3) is 0.190. The minimum atomic E-state index is -0.910. The second-order valence-corrected chi connectivity index (χ2v) is 7.04. The summed E-state index contributed by atoms with van der Waals surface area (Å²) < 4.78 is 5.32. The molecule has 1 atom stereocenters. The molecule has 0 spiro atoms. The van der Waals surface area contributed by atoms with Crippen LogP contribution in [0.15, 0.2) is 60.0 Å². The van der Waals surface area contributed by atoms with Gasteiger partial charge in [-0.25, -0.2) is 9.78 Å². The molecule has 3 rings (SSSR count). The molecule has 0 saturated heterocycles. The summed E-state index contributed by atoms with van der Waals surface area (Å²) in [5, 5.41) is 2.39. The highest BCUT2D eigenvalue weighted by molar-refractivity contribution is 7.13. The van der Waals surface area contributed by atoms with Gasteiger partial charge >= 0.3 is 5.97 Å². The number of amides is 1. The van der Waals surface area contributed by atoms with Crippen molar-refractivity contribution in [2.75, 3.05) is 11.9 Å². The third-order valence-corrected chi connectivity index (χ3v) is 5.01. The molecule has 0 fully saturated rings. The fourth-order valence-corrected chi connectivity index (χ4v) is 3.31. The summed E-state index contributed by atoms with van der Waals surface area (Å²) in [7, 11) is 1.65. The Hall–Kier alpha value is -2.99. The van der Waals surface area contributed by atoms with Crippen molar-refractivity contribution >= 4 is 28.9 Å². The van der Waals surface area contributed by atoms with Gasteiger partial charge in [-0.1, -0.05) is 48.0 Å². The Bertz CT molecular complexity index is 936. The zero-order valence-electron chi connectivity index (χ0n) is 15.4. The van der Waals surface area contributed by atoms with Gasteiger partial charge in [0.2, 0.25) is 0 Å². The SMILES string of the molecule is Cc1ccc(-c2nc(C(=O)OC(C)C(=O)N(C)c3ccccc3)cs2)cc1. The molecule has 3 aromatic rings. The van der Waals surface area contributed by atoms with Crippen LogP contribution in [0.4, 0.5) is 5.69 Å². The molecule has 1 amide bonds. The average Bonchev–Trinajstić information content (AvgIpc) is 3.18. The molecule has 0 bridgehead atoms. The third kappa shape index (κ3) is 4.41. The third-order valence-electron chi connectivity index (χ3n) is 4.12. The highest BCUT2D eigenvalue weighted by Crippen LogP contribution is 2.24. The second kappa shape index (κ2) is 8.14. The zero-order valence-corrected chi connectivity index (χ0v) is 16.2. The number of likely N-dealkylation sites (N-methyl/N-ethyl adjacent to an activating group) is 1. The summed E-state index contributed by atoms with van der Waals surface area (Å²) in [6.07, 6.45) is -0.910. The lowest BCUT2D eigenvalue weighted by Gasteiger charge is -2.21. The predicted molar refractivity (Wildman–Crippen MR) is 107 cm³/mol. The van der Waals surface area contributed by atoms with E-state index in [1.165, 1.54) is 16.2 Å². The summed E-state index contributed by atoms with van der Waals surface area (Å²) in [6, 6.07) is 17.1. The van der Waals surface area contributed by atoms with Gasteiger partial charge in [-0.15, -0.1) is 11.3 Å². The Morgan fingerprint density at radius 1 is 1.07 bits per heavy atom. The molecule has 2 aromatic carbocycles. The minimum Gasteiger partial charge on any atom is -0.448 e. The van der Waals surface area contributed by atoms with Crippen LogP contribution in [-0.2, 0) is 9.53 Å². The summed E-state index contributed by atoms with van der Waals surface area (Å²) in [5.41, 5.74) is 3.04. The van der Waals surface area contributed by atoms with E-state index < -0.39 is 12.1 Å². The van der Waals surface area contributed by atoms with Gasteiger partial charge in [-0.2, -0.15) is 0 Å². The van der Waals surface area contributed by atoms with E-state index in [1.807, 2.05) is 61.5 Å². The standard InChI is InChI=1S/C21H20N2O3S/c1-14-9-11-16(12-10-14)19-22-18(13-27-19)21(25)26-15(2)20(24)23(3)17-7-5-4-6-8-17/h4-13,15H,1-3H3. The molecule has 0 saturated carbocycles. The first-order valence-electron chi connectivity index (χ1n) is 8.52. The van der Waals surface area contributed by atoms with E-state index in [-0.39, 0.29) is 11.6 Å². The van der Waals surface area contributed by atoms with Gasteiger partial charge in [0, 0.05) is 23.7 Å². The van der Waals surface area contributed by atoms with Crippen LogP contribution in [0, 0.1) is 6.92 Å². The minimum absolute atomic E-state index is 0.206.